The van der Waals surface area contributed by atoms with Gasteiger partial charge in [-0.05, 0) is 11.6 Å². The molecule has 0 bridgehead atoms. The van der Waals surface area contributed by atoms with Crippen molar-refractivity contribution in [2.75, 3.05) is 22.9 Å². The zero-order valence-corrected chi connectivity index (χ0v) is 11.1. The summed E-state index contributed by atoms with van der Waals surface area (Å²) in [6, 6.07) is 2.72. The van der Waals surface area contributed by atoms with Gasteiger partial charge in [-0.3, -0.25) is 14.9 Å². The van der Waals surface area contributed by atoms with Crippen molar-refractivity contribution >= 4 is 33.0 Å². The van der Waals surface area contributed by atoms with Gasteiger partial charge in [0.05, 0.1) is 17.1 Å². The zero-order chi connectivity index (χ0) is 14.9. The van der Waals surface area contributed by atoms with E-state index in [9.17, 15) is 23.3 Å². The summed E-state index contributed by atoms with van der Waals surface area (Å²) in [5, 5.41) is 21.0. The first-order valence-electron chi connectivity index (χ1n) is 5.62. The average Bonchev–Trinajstić information content (AvgIpc) is 2.65. The molecule has 0 radical (unpaired) electrons. The minimum Gasteiger partial charge on any atom is -0.378 e. The number of nitrogens with two attached hydrogens (primary N) is 1. The standard InChI is InChI=1S/C10H12N4O5S/c11-20(18,19)2-1-12-8-5-7-6(4-10(15)13-7)3-9(8)14(16)17/h3,5,12H,1-2,4H2,(H,13,15)(H2,11,18,19). The van der Waals surface area contributed by atoms with E-state index in [0.29, 0.717) is 11.3 Å². The van der Waals surface area contributed by atoms with Crippen LogP contribution in [0.3, 0.4) is 0 Å². The van der Waals surface area contributed by atoms with Crippen LogP contribution in [0.15, 0.2) is 12.1 Å². The minimum absolute atomic E-state index is 0.0631. The molecule has 10 heteroatoms. The van der Waals surface area contributed by atoms with Crippen molar-refractivity contribution in [3.63, 3.8) is 0 Å². The van der Waals surface area contributed by atoms with Crippen molar-refractivity contribution in [2.24, 2.45) is 5.14 Å². The number of anilines is 2. The average molecular weight is 300 g/mol. The van der Waals surface area contributed by atoms with Crippen molar-refractivity contribution in [1.82, 2.24) is 0 Å². The molecule has 0 unspecified atom stereocenters. The molecular formula is C10H12N4O5S. The minimum atomic E-state index is -3.65. The number of nitro groups is 1. The third-order valence-corrected chi connectivity index (χ3v) is 3.52. The number of rotatable bonds is 5. The maximum Gasteiger partial charge on any atom is 0.292 e. The van der Waals surface area contributed by atoms with Crippen LogP contribution >= 0.6 is 0 Å². The monoisotopic (exact) mass is 300 g/mol. The molecule has 1 aromatic carbocycles. The van der Waals surface area contributed by atoms with Gasteiger partial charge < -0.3 is 10.6 Å². The predicted octanol–water partition coefficient (Wildman–Crippen LogP) is -0.210. The third kappa shape index (κ3) is 3.22. The van der Waals surface area contributed by atoms with Crippen LogP contribution in [0, 0.1) is 10.1 Å². The molecule has 2 rings (SSSR count). The van der Waals surface area contributed by atoms with Crippen molar-refractivity contribution in [1.29, 1.82) is 0 Å². The largest absolute Gasteiger partial charge is 0.378 e. The van der Waals surface area contributed by atoms with Crippen molar-refractivity contribution < 1.29 is 18.1 Å². The molecule has 0 fully saturated rings. The summed E-state index contributed by atoms with van der Waals surface area (Å²) in [7, 11) is -3.65. The highest BCUT2D eigenvalue weighted by Crippen LogP contribution is 2.34. The number of amides is 1. The van der Waals surface area contributed by atoms with Crippen LogP contribution in [0.1, 0.15) is 5.56 Å². The number of hydrogen-bond donors (Lipinski definition) is 3. The molecule has 9 nitrogen and oxygen atoms in total. The van der Waals surface area contributed by atoms with Crippen LogP contribution in [0.4, 0.5) is 17.1 Å². The van der Waals surface area contributed by atoms with E-state index in [0.717, 1.165) is 0 Å². The smallest absolute Gasteiger partial charge is 0.292 e. The number of nitrogens with one attached hydrogen (secondary N) is 2. The fourth-order valence-electron chi connectivity index (χ4n) is 1.88. The lowest BCUT2D eigenvalue weighted by molar-refractivity contribution is -0.384. The molecule has 0 saturated heterocycles. The molecule has 0 atom stereocenters. The SMILES string of the molecule is NS(=O)(=O)CCNc1cc2c(cc1[N+](=O)[O-])CC(=O)N2. The van der Waals surface area contributed by atoms with E-state index in [1.54, 1.807) is 0 Å². The molecule has 0 aliphatic carbocycles. The predicted molar refractivity (Wildman–Crippen MR) is 71.9 cm³/mol. The molecule has 1 aliphatic heterocycles. The highest BCUT2D eigenvalue weighted by molar-refractivity contribution is 7.89. The second kappa shape index (κ2) is 5.06. The van der Waals surface area contributed by atoms with Crippen LogP contribution in [0.25, 0.3) is 0 Å². The van der Waals surface area contributed by atoms with E-state index >= 15 is 0 Å². The summed E-state index contributed by atoms with van der Waals surface area (Å²) in [5.74, 6) is -0.593. The molecule has 1 aliphatic rings. The van der Waals surface area contributed by atoms with Gasteiger partial charge in [-0.2, -0.15) is 0 Å². The first kappa shape index (κ1) is 14.2. The lowest BCUT2D eigenvalue weighted by atomic mass is 10.1. The number of primary sulfonamides is 1. The first-order chi connectivity index (χ1) is 9.26. The Morgan fingerprint density at radius 3 is 2.75 bits per heavy atom. The number of carbonyl (C=O) groups is 1. The number of carbonyl (C=O) groups excluding carboxylic acids is 1. The normalized spacial score (nSPS) is 13.8. The van der Waals surface area contributed by atoms with Crippen molar-refractivity contribution in [3.05, 3.63) is 27.8 Å². The van der Waals surface area contributed by atoms with Gasteiger partial charge in [-0.1, -0.05) is 0 Å². The molecule has 0 saturated carbocycles. The van der Waals surface area contributed by atoms with Gasteiger partial charge in [0.1, 0.15) is 5.69 Å². The zero-order valence-electron chi connectivity index (χ0n) is 10.3. The van der Waals surface area contributed by atoms with Crippen LogP contribution in [-0.4, -0.2) is 31.5 Å². The Balaban J connectivity index is 2.25. The number of fused-ring (bicyclic) bond motifs is 1. The first-order valence-corrected chi connectivity index (χ1v) is 7.33. The van der Waals surface area contributed by atoms with E-state index < -0.39 is 14.9 Å². The van der Waals surface area contributed by atoms with E-state index in [1.807, 2.05) is 0 Å². The summed E-state index contributed by atoms with van der Waals surface area (Å²) in [4.78, 5) is 21.6. The van der Waals surface area contributed by atoms with Gasteiger partial charge in [0, 0.05) is 18.3 Å². The van der Waals surface area contributed by atoms with Crippen LogP contribution in [0.2, 0.25) is 0 Å². The van der Waals surface area contributed by atoms with E-state index in [1.165, 1.54) is 12.1 Å². The Kier molecular flexibility index (Phi) is 3.59. The fourth-order valence-corrected chi connectivity index (χ4v) is 2.27. The highest BCUT2D eigenvalue weighted by atomic mass is 32.2. The number of nitro benzene ring substituents is 1. The molecule has 20 heavy (non-hydrogen) atoms. The van der Waals surface area contributed by atoms with Crippen molar-refractivity contribution in [3.8, 4) is 0 Å². The summed E-state index contributed by atoms with van der Waals surface area (Å²) in [6.45, 7) is -0.0631. The molecule has 1 aromatic rings. The van der Waals surface area contributed by atoms with Gasteiger partial charge in [0.15, 0.2) is 0 Å². The molecule has 108 valence electrons. The fraction of sp³-hybridized carbons (Fsp3) is 0.300. The molecule has 1 amide bonds. The molecule has 0 spiro atoms. The van der Waals surface area contributed by atoms with Crippen LogP contribution < -0.4 is 15.8 Å². The van der Waals surface area contributed by atoms with Gasteiger partial charge in [0.25, 0.3) is 5.69 Å². The molecule has 4 N–H and O–H groups in total. The summed E-state index contributed by atoms with van der Waals surface area (Å²) >= 11 is 0. The summed E-state index contributed by atoms with van der Waals surface area (Å²) in [5.41, 5.74) is 0.951. The Morgan fingerprint density at radius 1 is 1.45 bits per heavy atom. The number of benzene rings is 1. The lowest BCUT2D eigenvalue weighted by Crippen LogP contribution is -2.22. The Bertz CT molecular complexity index is 685. The van der Waals surface area contributed by atoms with Gasteiger partial charge in [-0.15, -0.1) is 0 Å². The second-order valence-corrected chi connectivity index (χ2v) is 6.04. The van der Waals surface area contributed by atoms with Crippen LogP contribution in [0.5, 0.6) is 0 Å². The Labute approximate surface area is 114 Å². The van der Waals surface area contributed by atoms with Gasteiger partial charge in [0.2, 0.25) is 15.9 Å². The molecular weight excluding hydrogens is 288 g/mol. The molecule has 1 heterocycles. The van der Waals surface area contributed by atoms with E-state index in [4.69, 9.17) is 5.14 Å². The summed E-state index contributed by atoms with van der Waals surface area (Å²) in [6.07, 6.45) is 0.0909. The number of nitrogens with zero attached hydrogens (tertiary/aromatic N) is 1. The number of sulfonamides is 1. The van der Waals surface area contributed by atoms with Gasteiger partial charge in [-0.25, -0.2) is 13.6 Å². The van der Waals surface area contributed by atoms with Gasteiger partial charge >= 0.3 is 0 Å². The highest BCUT2D eigenvalue weighted by Gasteiger charge is 2.24. The topological polar surface area (TPSA) is 144 Å². The third-order valence-electron chi connectivity index (χ3n) is 2.75. The number of hydrogen-bond acceptors (Lipinski definition) is 6. The van der Waals surface area contributed by atoms with Crippen LogP contribution in [-0.2, 0) is 21.2 Å². The quantitative estimate of drug-likeness (QED) is 0.507. The van der Waals surface area contributed by atoms with E-state index in [2.05, 4.69) is 10.6 Å². The molecule has 0 aromatic heterocycles. The summed E-state index contributed by atoms with van der Waals surface area (Å²) < 4.78 is 21.6. The Morgan fingerprint density at radius 2 is 2.15 bits per heavy atom. The Hall–Kier alpha value is -2.20. The maximum atomic E-state index is 11.2. The lowest BCUT2D eigenvalue weighted by Gasteiger charge is -2.08. The van der Waals surface area contributed by atoms with E-state index in [-0.39, 0.29) is 36.0 Å². The van der Waals surface area contributed by atoms with Crippen molar-refractivity contribution in [2.45, 2.75) is 6.42 Å². The maximum absolute atomic E-state index is 11.2. The second-order valence-electron chi connectivity index (χ2n) is 4.30.